The van der Waals surface area contributed by atoms with E-state index in [1.807, 2.05) is 31.2 Å². The number of aliphatic hydroxyl groups is 1. The molecule has 5 atom stereocenters. The van der Waals surface area contributed by atoms with Gasteiger partial charge in [-0.3, -0.25) is 9.59 Å². The van der Waals surface area contributed by atoms with Crippen LogP contribution in [0.25, 0.3) is 10.9 Å². The van der Waals surface area contributed by atoms with Crippen molar-refractivity contribution < 1.29 is 34.4 Å². The number of aromatic nitrogens is 1. The number of aromatic amines is 1. The largest absolute Gasteiger partial charge is 0.504 e. The zero-order chi connectivity index (χ0) is 32.5. The standard InChI is InChI=1S/C35H45N3O7/c1-5-23-14-15-35(4,34(23,2)3)45-33(44)27-11-8-16-38(27)32(43)26(19-22-20-36-25-10-7-6-9-24(22)25)37-31(42)30(41)18-21-12-13-28(39)29(40)17-21/h6-7,9-10,12-13,17,20,23,26-27,30,36,39-41H,5,8,11,14-16,18-19H2,1-4H3,(H,37,42)/t23-,26?,27?,30?,35?/m1/s1. The fourth-order valence-electron chi connectivity index (χ4n) is 7.23. The molecule has 4 unspecified atom stereocenters. The lowest BCUT2D eigenvalue weighted by molar-refractivity contribution is -0.176. The van der Waals surface area contributed by atoms with Crippen LogP contribution in [0.1, 0.15) is 70.9 Å². The van der Waals surface area contributed by atoms with Gasteiger partial charge in [0.05, 0.1) is 0 Å². The van der Waals surface area contributed by atoms with Crippen molar-refractivity contribution in [3.63, 3.8) is 0 Å². The summed E-state index contributed by atoms with van der Waals surface area (Å²) in [6.45, 7) is 8.81. The van der Waals surface area contributed by atoms with E-state index >= 15 is 0 Å². The molecule has 0 bridgehead atoms. The maximum absolute atomic E-state index is 14.2. The van der Waals surface area contributed by atoms with Gasteiger partial charge in [0.25, 0.3) is 0 Å². The van der Waals surface area contributed by atoms with E-state index in [9.17, 15) is 29.7 Å². The third-order valence-corrected chi connectivity index (χ3v) is 10.5. The zero-order valence-electron chi connectivity index (χ0n) is 26.5. The summed E-state index contributed by atoms with van der Waals surface area (Å²) in [6.07, 6.45) is 4.12. The number of nitrogens with zero attached hydrogens (tertiary/aromatic N) is 1. The second kappa shape index (κ2) is 12.7. The highest BCUT2D eigenvalue weighted by molar-refractivity contribution is 5.93. The number of carbonyl (C=O) groups excluding carboxylic acids is 3. The molecule has 10 heteroatoms. The normalized spacial score (nSPS) is 24.0. The first-order valence-electron chi connectivity index (χ1n) is 15.9. The highest BCUT2D eigenvalue weighted by Gasteiger charge is 2.54. The van der Waals surface area contributed by atoms with E-state index in [0.717, 1.165) is 35.7 Å². The number of rotatable bonds is 10. The van der Waals surface area contributed by atoms with Gasteiger partial charge in [-0.15, -0.1) is 0 Å². The van der Waals surface area contributed by atoms with Crippen LogP contribution in [0.15, 0.2) is 48.7 Å². The lowest BCUT2D eigenvalue weighted by atomic mass is 9.72. The second-order valence-electron chi connectivity index (χ2n) is 13.4. The fourth-order valence-corrected chi connectivity index (χ4v) is 7.23. The van der Waals surface area contributed by atoms with E-state index in [2.05, 4.69) is 31.1 Å². The number of hydrogen-bond acceptors (Lipinski definition) is 7. The Hall–Kier alpha value is -4.05. The Morgan fingerprint density at radius 1 is 1.07 bits per heavy atom. The molecule has 1 aromatic heterocycles. The molecule has 1 saturated heterocycles. The van der Waals surface area contributed by atoms with Crippen LogP contribution in [0.3, 0.4) is 0 Å². The lowest BCUT2D eigenvalue weighted by Gasteiger charge is -2.42. The molecule has 45 heavy (non-hydrogen) atoms. The van der Waals surface area contributed by atoms with Crippen LogP contribution in [0.5, 0.6) is 11.5 Å². The number of hydrogen-bond donors (Lipinski definition) is 5. The maximum atomic E-state index is 14.2. The quantitative estimate of drug-likeness (QED) is 0.167. The van der Waals surface area contributed by atoms with Crippen LogP contribution >= 0.6 is 0 Å². The molecule has 0 radical (unpaired) electrons. The Morgan fingerprint density at radius 2 is 1.82 bits per heavy atom. The Labute approximate surface area is 263 Å². The van der Waals surface area contributed by atoms with Crippen LogP contribution in [0.2, 0.25) is 0 Å². The first kappa shape index (κ1) is 32.3. The number of esters is 1. The van der Waals surface area contributed by atoms with Gasteiger partial charge in [0, 0.05) is 41.9 Å². The maximum Gasteiger partial charge on any atom is 0.329 e. The summed E-state index contributed by atoms with van der Waals surface area (Å²) in [5.74, 6) is -1.83. The van der Waals surface area contributed by atoms with E-state index in [1.54, 1.807) is 6.20 Å². The van der Waals surface area contributed by atoms with Crippen molar-refractivity contribution in [1.29, 1.82) is 0 Å². The van der Waals surface area contributed by atoms with Crippen molar-refractivity contribution >= 4 is 28.7 Å². The van der Waals surface area contributed by atoms with E-state index in [1.165, 1.54) is 23.1 Å². The van der Waals surface area contributed by atoms with Gasteiger partial charge in [-0.2, -0.15) is 0 Å². The molecule has 2 fully saturated rings. The smallest absolute Gasteiger partial charge is 0.329 e. The van der Waals surface area contributed by atoms with Crippen molar-refractivity contribution in [3.05, 3.63) is 59.8 Å². The molecule has 10 nitrogen and oxygen atoms in total. The summed E-state index contributed by atoms with van der Waals surface area (Å²) in [5.41, 5.74) is 1.28. The SMILES string of the molecule is CC[C@@H]1CCC(C)(OC(=O)C2CCCN2C(=O)C(Cc2c[nH]c3ccccc23)NC(=O)C(O)Cc2ccc(O)c(O)c2)C1(C)C. The van der Waals surface area contributed by atoms with Gasteiger partial charge in [-0.1, -0.05) is 51.5 Å². The van der Waals surface area contributed by atoms with Gasteiger partial charge < -0.3 is 35.3 Å². The van der Waals surface area contributed by atoms with Crippen LogP contribution in [-0.4, -0.2) is 73.3 Å². The number of likely N-dealkylation sites (tertiary alicyclic amines) is 1. The minimum Gasteiger partial charge on any atom is -0.504 e. The summed E-state index contributed by atoms with van der Waals surface area (Å²) in [6, 6.07) is 9.87. The van der Waals surface area contributed by atoms with Crippen molar-refractivity contribution in [2.45, 2.75) is 96.4 Å². The molecule has 0 spiro atoms. The molecule has 5 rings (SSSR count). The lowest BCUT2D eigenvalue weighted by Crippen LogP contribution is -2.55. The van der Waals surface area contributed by atoms with E-state index in [-0.39, 0.29) is 29.8 Å². The van der Waals surface area contributed by atoms with Gasteiger partial charge in [0.1, 0.15) is 23.8 Å². The topological polar surface area (TPSA) is 152 Å². The Bertz CT molecular complexity index is 1570. The number of aromatic hydroxyl groups is 2. The Balaban J connectivity index is 1.36. The molecule has 2 amide bonds. The first-order valence-corrected chi connectivity index (χ1v) is 15.9. The van der Waals surface area contributed by atoms with Crippen LogP contribution in [0.4, 0.5) is 0 Å². The molecule has 2 aromatic carbocycles. The number of para-hydroxylation sites is 1. The summed E-state index contributed by atoms with van der Waals surface area (Å²) in [4.78, 5) is 46.0. The molecule has 3 aromatic rings. The Kier molecular flexibility index (Phi) is 9.16. The van der Waals surface area contributed by atoms with Gasteiger partial charge in [-0.25, -0.2) is 4.79 Å². The van der Waals surface area contributed by atoms with Gasteiger partial charge >= 0.3 is 5.97 Å². The molecule has 1 aliphatic carbocycles. The van der Waals surface area contributed by atoms with Crippen molar-refractivity contribution in [1.82, 2.24) is 15.2 Å². The second-order valence-corrected chi connectivity index (χ2v) is 13.4. The third-order valence-electron chi connectivity index (χ3n) is 10.5. The summed E-state index contributed by atoms with van der Waals surface area (Å²) < 4.78 is 6.25. The fraction of sp³-hybridized carbons (Fsp3) is 0.514. The number of H-pyrrole nitrogens is 1. The number of ether oxygens (including phenoxy) is 1. The number of aliphatic hydroxyl groups excluding tert-OH is 1. The predicted molar refractivity (Wildman–Crippen MR) is 169 cm³/mol. The number of benzene rings is 2. The number of phenolic OH excluding ortho intramolecular Hbond substituents is 2. The minimum absolute atomic E-state index is 0.139. The van der Waals surface area contributed by atoms with Crippen molar-refractivity contribution in [2.24, 2.45) is 11.3 Å². The molecule has 5 N–H and O–H groups in total. The van der Waals surface area contributed by atoms with E-state index in [0.29, 0.717) is 30.9 Å². The predicted octanol–water partition coefficient (Wildman–Crippen LogP) is 4.35. The highest BCUT2D eigenvalue weighted by Crippen LogP contribution is 2.53. The minimum atomic E-state index is -1.53. The summed E-state index contributed by atoms with van der Waals surface area (Å²) in [5, 5.41) is 33.9. The average molecular weight is 620 g/mol. The third kappa shape index (κ3) is 6.38. The molecule has 2 aliphatic rings. The number of phenols is 2. The van der Waals surface area contributed by atoms with Crippen molar-refractivity contribution in [3.8, 4) is 11.5 Å². The number of amides is 2. The first-order chi connectivity index (χ1) is 21.3. The number of carbonyl (C=O) groups is 3. The van der Waals surface area contributed by atoms with Gasteiger partial charge in [0.2, 0.25) is 11.8 Å². The zero-order valence-corrected chi connectivity index (χ0v) is 26.5. The summed E-state index contributed by atoms with van der Waals surface area (Å²) in [7, 11) is 0. The molecular weight excluding hydrogens is 574 g/mol. The van der Waals surface area contributed by atoms with E-state index < -0.39 is 41.6 Å². The van der Waals surface area contributed by atoms with Crippen LogP contribution < -0.4 is 5.32 Å². The molecule has 1 aliphatic heterocycles. The molecule has 2 heterocycles. The van der Waals surface area contributed by atoms with Gasteiger partial charge in [-0.05, 0) is 67.9 Å². The monoisotopic (exact) mass is 619 g/mol. The highest BCUT2D eigenvalue weighted by atomic mass is 16.6. The van der Waals surface area contributed by atoms with Crippen LogP contribution in [-0.2, 0) is 32.0 Å². The molecular formula is C35H45N3O7. The van der Waals surface area contributed by atoms with E-state index in [4.69, 9.17) is 4.74 Å². The van der Waals surface area contributed by atoms with Crippen LogP contribution in [0, 0.1) is 11.3 Å². The summed E-state index contributed by atoms with van der Waals surface area (Å²) >= 11 is 0. The number of nitrogens with one attached hydrogen (secondary N) is 2. The number of fused-ring (bicyclic) bond motifs is 1. The molecule has 242 valence electrons. The molecule has 1 saturated carbocycles. The average Bonchev–Trinajstić information content (AvgIpc) is 3.71. The Morgan fingerprint density at radius 3 is 2.53 bits per heavy atom. The van der Waals surface area contributed by atoms with Gasteiger partial charge in [0.15, 0.2) is 11.5 Å². The van der Waals surface area contributed by atoms with Crippen molar-refractivity contribution in [2.75, 3.05) is 6.54 Å².